The van der Waals surface area contributed by atoms with Gasteiger partial charge in [0.1, 0.15) is 24.4 Å². The van der Waals surface area contributed by atoms with Crippen molar-refractivity contribution in [3.05, 3.63) is 0 Å². The summed E-state index contributed by atoms with van der Waals surface area (Å²) in [7, 11) is 0. The van der Waals surface area contributed by atoms with E-state index in [-0.39, 0.29) is 101 Å². The first-order valence-electron chi connectivity index (χ1n) is 27.5. The minimum Gasteiger partial charge on any atom is -0.549 e. The predicted molar refractivity (Wildman–Crippen MR) is 272 cm³/mol. The first-order valence-corrected chi connectivity index (χ1v) is 27.5. The minimum absolute atomic E-state index is 0. The molecule has 16 nitrogen and oxygen atoms in total. The van der Waals surface area contributed by atoms with Gasteiger partial charge in [0.05, 0.1) is 45.5 Å². The zero-order valence-corrected chi connectivity index (χ0v) is 50.8. The number of Topliss-reactive ketones (excluding diaryl/α,β-unsaturated/α-hetero) is 4. The van der Waals surface area contributed by atoms with Gasteiger partial charge in [0.25, 0.3) is 0 Å². The Hall–Kier alpha value is -2.72. The SMILES string of the molecule is CCCCOC(CC)C(=O)C(CC)(CC)C(=O)[O-].CCCCOC(CC)C(=O)C(CC)(CC)C(=O)[O-].CCCCOC(CC)C(=O)C(CC)(CC)C(=O)[O-].CCCCOC(CC)C(=O)C(CC)(CC)C(=O)[O-].[Zr+4]. The maximum absolute atomic E-state index is 12.3. The zero-order chi connectivity index (χ0) is 56.7. The summed E-state index contributed by atoms with van der Waals surface area (Å²) < 4.78 is 22.1. The Morgan fingerprint density at radius 1 is 0.301 bits per heavy atom. The Morgan fingerprint density at radius 3 is 0.521 bits per heavy atom. The van der Waals surface area contributed by atoms with Crippen LogP contribution in [0.4, 0.5) is 0 Å². The summed E-state index contributed by atoms with van der Waals surface area (Å²) in [4.78, 5) is 94.5. The summed E-state index contributed by atoms with van der Waals surface area (Å²) in [6.07, 6.45) is 8.89. The fourth-order valence-electron chi connectivity index (χ4n) is 8.18. The number of carbonyl (C=O) groups is 8. The van der Waals surface area contributed by atoms with Gasteiger partial charge in [0.15, 0.2) is 23.1 Å². The molecule has 73 heavy (non-hydrogen) atoms. The van der Waals surface area contributed by atoms with Gasteiger partial charge in [-0.05, 0) is 103 Å². The van der Waals surface area contributed by atoms with E-state index in [1.54, 1.807) is 55.4 Å². The average molecular weight is 1120 g/mol. The summed E-state index contributed by atoms with van der Waals surface area (Å²) in [6.45, 7) is 31.1. The molecule has 17 heteroatoms. The van der Waals surface area contributed by atoms with Crippen LogP contribution in [0.15, 0.2) is 0 Å². The average Bonchev–Trinajstić information content (AvgIpc) is 3.36. The van der Waals surface area contributed by atoms with E-state index in [1.807, 2.05) is 55.4 Å². The number of carboxylic acid groups (broad SMARTS) is 4. The van der Waals surface area contributed by atoms with Crippen molar-refractivity contribution < 1.29 is 104 Å². The first kappa shape index (κ1) is 79.2. The van der Waals surface area contributed by atoms with Crippen molar-refractivity contribution in [3.63, 3.8) is 0 Å². The molecule has 0 bridgehead atoms. The van der Waals surface area contributed by atoms with E-state index in [2.05, 4.69) is 0 Å². The summed E-state index contributed by atoms with van der Waals surface area (Å²) in [5, 5.41) is 45.2. The van der Waals surface area contributed by atoms with Crippen molar-refractivity contribution in [2.24, 2.45) is 21.7 Å². The van der Waals surface area contributed by atoms with Crippen molar-refractivity contribution in [1.82, 2.24) is 0 Å². The number of ether oxygens (including phenoxy) is 4. The molecule has 0 aromatic rings. The maximum Gasteiger partial charge on any atom is 4.00 e. The molecule has 0 aliphatic heterocycles. The molecular weight excluding hydrogens is 1020 g/mol. The summed E-state index contributed by atoms with van der Waals surface area (Å²) in [5.41, 5.74) is -5.58. The third kappa shape index (κ3) is 24.4. The van der Waals surface area contributed by atoms with Gasteiger partial charge < -0.3 is 58.6 Å². The Balaban J connectivity index is -0.000000280. The maximum atomic E-state index is 12.3. The predicted octanol–water partition coefficient (Wildman–Crippen LogP) is 6.83. The molecule has 0 saturated heterocycles. The molecule has 424 valence electrons. The van der Waals surface area contributed by atoms with Crippen molar-refractivity contribution in [2.45, 2.75) is 264 Å². The van der Waals surface area contributed by atoms with E-state index >= 15 is 0 Å². The third-order valence-electron chi connectivity index (χ3n) is 14.2. The molecule has 0 amide bonds. The first-order chi connectivity index (χ1) is 34.0. The second kappa shape index (κ2) is 44.4. The van der Waals surface area contributed by atoms with Gasteiger partial charge >= 0.3 is 26.2 Å². The summed E-state index contributed by atoms with van der Waals surface area (Å²) in [6, 6.07) is 0. The normalized spacial score (nSPS) is 13.2. The quantitative estimate of drug-likeness (QED) is 0.0450. The van der Waals surface area contributed by atoms with Crippen molar-refractivity contribution in [3.8, 4) is 0 Å². The van der Waals surface area contributed by atoms with Gasteiger partial charge in [-0.2, -0.15) is 0 Å². The molecule has 0 saturated carbocycles. The van der Waals surface area contributed by atoms with Crippen LogP contribution >= 0.6 is 0 Å². The number of rotatable bonds is 40. The van der Waals surface area contributed by atoms with Crippen molar-refractivity contribution >= 4 is 47.0 Å². The summed E-state index contributed by atoms with van der Waals surface area (Å²) >= 11 is 0. The van der Waals surface area contributed by atoms with E-state index in [1.165, 1.54) is 0 Å². The number of unbranched alkanes of at least 4 members (excludes halogenated alkanes) is 4. The van der Waals surface area contributed by atoms with Gasteiger partial charge in [-0.15, -0.1) is 0 Å². The van der Waals surface area contributed by atoms with Crippen LogP contribution in [0.5, 0.6) is 0 Å². The molecule has 4 atom stereocenters. The number of hydrogen-bond acceptors (Lipinski definition) is 16. The largest absolute Gasteiger partial charge is 4.00 e. The van der Waals surface area contributed by atoms with Crippen LogP contribution in [0.2, 0.25) is 0 Å². The van der Waals surface area contributed by atoms with Gasteiger partial charge in [-0.25, -0.2) is 0 Å². The number of carbonyl (C=O) groups excluding carboxylic acids is 8. The Morgan fingerprint density at radius 2 is 0.438 bits per heavy atom. The third-order valence-corrected chi connectivity index (χ3v) is 14.2. The van der Waals surface area contributed by atoms with E-state index in [9.17, 15) is 58.8 Å². The second-order valence-electron chi connectivity index (χ2n) is 18.2. The monoisotopic (exact) mass is 1120 g/mol. The number of hydrogen-bond donors (Lipinski definition) is 0. The van der Waals surface area contributed by atoms with E-state index < -0.39 is 70.0 Å². The molecule has 0 N–H and O–H groups in total. The molecule has 0 spiro atoms. The van der Waals surface area contributed by atoms with Gasteiger partial charge in [0.2, 0.25) is 0 Å². The number of aliphatic carboxylic acids is 4. The van der Waals surface area contributed by atoms with Crippen LogP contribution in [0.3, 0.4) is 0 Å². The molecule has 0 aliphatic carbocycles. The van der Waals surface area contributed by atoms with E-state index in [0.29, 0.717) is 52.1 Å². The van der Waals surface area contributed by atoms with Crippen LogP contribution in [0, 0.1) is 21.7 Å². The molecular formula is C56H100O16Zr. The molecule has 0 aliphatic rings. The molecule has 0 heterocycles. The van der Waals surface area contributed by atoms with Gasteiger partial charge in [0, 0.05) is 26.4 Å². The van der Waals surface area contributed by atoms with E-state index in [4.69, 9.17) is 18.9 Å². The topological polar surface area (TPSA) is 266 Å². The number of ketones is 4. The van der Waals surface area contributed by atoms with Crippen molar-refractivity contribution in [1.29, 1.82) is 0 Å². The molecule has 0 radical (unpaired) electrons. The molecule has 0 fully saturated rings. The molecule has 0 aromatic carbocycles. The van der Waals surface area contributed by atoms with Crippen molar-refractivity contribution in [2.75, 3.05) is 26.4 Å². The molecule has 0 rings (SSSR count). The van der Waals surface area contributed by atoms with Crippen LogP contribution in [-0.4, -0.2) is 97.9 Å². The van der Waals surface area contributed by atoms with Crippen LogP contribution in [0.1, 0.15) is 239 Å². The number of carboxylic acids is 4. The molecule has 0 aromatic heterocycles. The Kier molecular flexibility index (Phi) is 48.2. The smallest absolute Gasteiger partial charge is 0.549 e. The summed E-state index contributed by atoms with van der Waals surface area (Å²) in [5.74, 6) is -6.50. The van der Waals surface area contributed by atoms with Crippen LogP contribution < -0.4 is 20.4 Å². The Bertz CT molecular complexity index is 1310. The minimum atomic E-state index is -1.40. The van der Waals surface area contributed by atoms with Crippen LogP contribution in [0.25, 0.3) is 0 Å². The van der Waals surface area contributed by atoms with Gasteiger partial charge in [-0.3, -0.25) is 19.2 Å². The van der Waals surface area contributed by atoms with E-state index in [0.717, 1.165) is 51.4 Å². The zero-order valence-electron chi connectivity index (χ0n) is 48.3. The van der Waals surface area contributed by atoms with Gasteiger partial charge in [-0.1, -0.05) is 136 Å². The van der Waals surface area contributed by atoms with Crippen LogP contribution in [-0.2, 0) is 83.5 Å². The fourth-order valence-corrected chi connectivity index (χ4v) is 8.18. The standard InChI is InChI=1S/4C14H26O4.Zr/c4*1-5-9-10-18-11(6-2)12(15)14(7-3,8-4)13(16)17;/h4*11H,5-10H2,1-4H3,(H,16,17);/q;;;;+4/p-4. The Labute approximate surface area is 460 Å². The molecule has 4 unspecified atom stereocenters. The second-order valence-corrected chi connectivity index (χ2v) is 18.2. The fraction of sp³-hybridized carbons (Fsp3) is 0.857.